The van der Waals surface area contributed by atoms with E-state index in [2.05, 4.69) is 54.2 Å². The first-order chi connectivity index (χ1) is 13.2. The van der Waals surface area contributed by atoms with Crippen LogP contribution in [0.15, 0.2) is 27.8 Å². The summed E-state index contributed by atoms with van der Waals surface area (Å²) in [5, 5.41) is 7.08. The van der Waals surface area contributed by atoms with Crippen molar-refractivity contribution in [3.8, 4) is 0 Å². The van der Waals surface area contributed by atoms with Crippen LogP contribution in [0, 0.1) is 0 Å². The van der Waals surface area contributed by atoms with Gasteiger partial charge in [-0.15, -0.1) is 0 Å². The minimum Gasteiger partial charge on any atom is -0.468 e. The lowest BCUT2D eigenvalue weighted by Crippen LogP contribution is -2.49. The number of nitrogens with zero attached hydrogens (tertiary/aromatic N) is 3. The Morgan fingerprint density at radius 2 is 2.00 bits per heavy atom. The third-order valence-electron chi connectivity index (χ3n) is 5.36. The molecule has 1 unspecified atom stereocenters. The smallest absolute Gasteiger partial charge is 0.191 e. The number of nitrogens with one attached hydrogen (secondary N) is 2. The topological polar surface area (TPSA) is 56.0 Å². The van der Waals surface area contributed by atoms with Crippen LogP contribution in [0.25, 0.3) is 0 Å². The van der Waals surface area contributed by atoms with Crippen LogP contribution in [0.4, 0.5) is 0 Å². The van der Waals surface area contributed by atoms with E-state index in [-0.39, 0.29) is 6.04 Å². The molecular formula is C21H39N5O. The molecule has 1 aromatic rings. The number of hydrogen-bond acceptors (Lipinski definition) is 4. The highest BCUT2D eigenvalue weighted by molar-refractivity contribution is 5.80. The zero-order valence-corrected chi connectivity index (χ0v) is 17.7. The van der Waals surface area contributed by atoms with Gasteiger partial charge in [-0.05, 0) is 58.0 Å². The number of likely N-dealkylation sites (tertiary alicyclic amines) is 1. The number of hydrogen-bond donors (Lipinski definition) is 2. The third kappa shape index (κ3) is 6.85. The molecule has 0 aromatic carbocycles. The minimum atomic E-state index is 0.178. The Hall–Kier alpha value is -1.53. The van der Waals surface area contributed by atoms with Gasteiger partial charge in [0.2, 0.25) is 0 Å². The SMILES string of the molecule is CCCN1CCC(NC(=NCC(c2ccco2)N(CC)CC)NCC)CC1. The fourth-order valence-electron chi connectivity index (χ4n) is 3.84. The molecule has 2 heterocycles. The van der Waals surface area contributed by atoms with Crippen molar-refractivity contribution >= 4 is 5.96 Å². The van der Waals surface area contributed by atoms with E-state index in [4.69, 9.17) is 9.41 Å². The van der Waals surface area contributed by atoms with Crippen molar-refractivity contribution in [3.05, 3.63) is 24.2 Å². The fourth-order valence-corrected chi connectivity index (χ4v) is 3.84. The molecule has 1 aliphatic rings. The highest BCUT2D eigenvalue weighted by atomic mass is 16.3. The van der Waals surface area contributed by atoms with Crippen LogP contribution in [0.1, 0.15) is 58.8 Å². The van der Waals surface area contributed by atoms with Gasteiger partial charge >= 0.3 is 0 Å². The molecule has 27 heavy (non-hydrogen) atoms. The summed E-state index contributed by atoms with van der Waals surface area (Å²) in [5.74, 6) is 1.92. The quantitative estimate of drug-likeness (QED) is 0.485. The van der Waals surface area contributed by atoms with Gasteiger partial charge in [-0.1, -0.05) is 20.8 Å². The summed E-state index contributed by atoms with van der Waals surface area (Å²) >= 11 is 0. The second-order valence-electron chi connectivity index (χ2n) is 7.23. The van der Waals surface area contributed by atoms with E-state index in [0.29, 0.717) is 12.6 Å². The Morgan fingerprint density at radius 1 is 1.26 bits per heavy atom. The summed E-state index contributed by atoms with van der Waals surface area (Å²) in [6.45, 7) is 15.9. The summed E-state index contributed by atoms with van der Waals surface area (Å²) in [4.78, 5) is 9.88. The van der Waals surface area contributed by atoms with Crippen molar-refractivity contribution in [2.24, 2.45) is 4.99 Å². The summed E-state index contributed by atoms with van der Waals surface area (Å²) in [5.41, 5.74) is 0. The van der Waals surface area contributed by atoms with Crippen LogP contribution in [-0.2, 0) is 0 Å². The first-order valence-corrected chi connectivity index (χ1v) is 10.8. The van der Waals surface area contributed by atoms with Crippen molar-refractivity contribution in [2.75, 3.05) is 45.8 Å². The number of furan rings is 1. The van der Waals surface area contributed by atoms with E-state index >= 15 is 0 Å². The Bertz CT molecular complexity index is 519. The monoisotopic (exact) mass is 377 g/mol. The van der Waals surface area contributed by atoms with Gasteiger partial charge in [0.1, 0.15) is 5.76 Å². The second kappa shape index (κ2) is 12.0. The van der Waals surface area contributed by atoms with Crippen LogP contribution in [0.3, 0.4) is 0 Å². The Morgan fingerprint density at radius 3 is 2.56 bits per heavy atom. The standard InChI is InChI=1S/C21H39N5O/c1-5-13-25-14-11-18(12-15-25)24-21(22-6-2)23-17-19(26(7-3)8-4)20-10-9-16-27-20/h9-10,16,18-19H,5-8,11-15,17H2,1-4H3,(H2,22,23,24). The molecule has 2 N–H and O–H groups in total. The average molecular weight is 378 g/mol. The molecule has 0 aliphatic carbocycles. The molecule has 2 rings (SSSR count). The zero-order valence-electron chi connectivity index (χ0n) is 17.7. The average Bonchev–Trinajstić information content (AvgIpc) is 3.21. The Labute approximate surface area is 165 Å². The molecule has 0 saturated carbocycles. The summed E-state index contributed by atoms with van der Waals surface area (Å²) in [6.07, 6.45) is 5.36. The first kappa shape index (κ1) is 21.8. The lowest BCUT2D eigenvalue weighted by molar-refractivity contribution is 0.197. The first-order valence-electron chi connectivity index (χ1n) is 10.8. The Kier molecular flexibility index (Phi) is 9.70. The van der Waals surface area contributed by atoms with Gasteiger partial charge in [-0.3, -0.25) is 9.89 Å². The number of guanidine groups is 1. The maximum absolute atomic E-state index is 5.70. The molecule has 6 heteroatoms. The van der Waals surface area contributed by atoms with E-state index in [1.807, 2.05) is 6.07 Å². The van der Waals surface area contributed by atoms with E-state index < -0.39 is 0 Å². The van der Waals surface area contributed by atoms with Crippen molar-refractivity contribution in [1.82, 2.24) is 20.4 Å². The van der Waals surface area contributed by atoms with E-state index in [9.17, 15) is 0 Å². The summed E-state index contributed by atoms with van der Waals surface area (Å²) in [7, 11) is 0. The van der Waals surface area contributed by atoms with Crippen molar-refractivity contribution in [2.45, 2.75) is 59.0 Å². The van der Waals surface area contributed by atoms with Crippen LogP contribution >= 0.6 is 0 Å². The molecular weight excluding hydrogens is 338 g/mol. The van der Waals surface area contributed by atoms with Gasteiger partial charge in [0.05, 0.1) is 18.8 Å². The molecule has 6 nitrogen and oxygen atoms in total. The second-order valence-corrected chi connectivity index (χ2v) is 7.23. The molecule has 1 fully saturated rings. The number of piperidine rings is 1. The van der Waals surface area contributed by atoms with Crippen molar-refractivity contribution in [1.29, 1.82) is 0 Å². The predicted molar refractivity (Wildman–Crippen MR) is 113 cm³/mol. The van der Waals surface area contributed by atoms with E-state index in [0.717, 1.165) is 31.4 Å². The summed E-state index contributed by atoms with van der Waals surface area (Å²) in [6, 6.07) is 4.70. The fraction of sp³-hybridized carbons (Fsp3) is 0.762. The summed E-state index contributed by atoms with van der Waals surface area (Å²) < 4.78 is 5.70. The minimum absolute atomic E-state index is 0.178. The van der Waals surface area contributed by atoms with Crippen LogP contribution in [0.2, 0.25) is 0 Å². The third-order valence-corrected chi connectivity index (χ3v) is 5.36. The highest BCUT2D eigenvalue weighted by Gasteiger charge is 2.22. The molecule has 1 saturated heterocycles. The Balaban J connectivity index is 1.98. The molecule has 1 aromatic heterocycles. The van der Waals surface area contributed by atoms with Gasteiger partial charge in [0.25, 0.3) is 0 Å². The van der Waals surface area contributed by atoms with Gasteiger partial charge in [0.15, 0.2) is 5.96 Å². The number of rotatable bonds is 10. The van der Waals surface area contributed by atoms with E-state index in [1.165, 1.54) is 38.9 Å². The molecule has 0 amide bonds. The van der Waals surface area contributed by atoms with Gasteiger partial charge in [0, 0.05) is 25.7 Å². The number of aliphatic imine (C=N–C) groups is 1. The van der Waals surface area contributed by atoms with Gasteiger partial charge < -0.3 is 20.0 Å². The molecule has 154 valence electrons. The highest BCUT2D eigenvalue weighted by Crippen LogP contribution is 2.21. The van der Waals surface area contributed by atoms with E-state index in [1.54, 1.807) is 6.26 Å². The molecule has 1 aliphatic heterocycles. The molecule has 1 atom stereocenters. The largest absolute Gasteiger partial charge is 0.468 e. The molecule has 0 radical (unpaired) electrons. The predicted octanol–water partition coefficient (Wildman–Crippen LogP) is 3.09. The number of likely N-dealkylation sites (N-methyl/N-ethyl adjacent to an activating group) is 1. The van der Waals surface area contributed by atoms with Crippen LogP contribution in [0.5, 0.6) is 0 Å². The molecule has 0 bridgehead atoms. The van der Waals surface area contributed by atoms with Crippen LogP contribution < -0.4 is 10.6 Å². The maximum Gasteiger partial charge on any atom is 0.191 e. The zero-order chi connectivity index (χ0) is 19.5. The maximum atomic E-state index is 5.70. The van der Waals surface area contributed by atoms with Gasteiger partial charge in [-0.2, -0.15) is 0 Å². The lowest BCUT2D eigenvalue weighted by atomic mass is 10.1. The van der Waals surface area contributed by atoms with Crippen molar-refractivity contribution < 1.29 is 4.42 Å². The van der Waals surface area contributed by atoms with Crippen LogP contribution in [-0.4, -0.2) is 67.6 Å². The lowest BCUT2D eigenvalue weighted by Gasteiger charge is -2.33. The molecule has 0 spiro atoms. The van der Waals surface area contributed by atoms with Gasteiger partial charge in [-0.25, -0.2) is 0 Å². The normalized spacial score (nSPS) is 18.0. The van der Waals surface area contributed by atoms with Crippen molar-refractivity contribution in [3.63, 3.8) is 0 Å².